The van der Waals surface area contributed by atoms with Crippen LogP contribution >= 0.6 is 0 Å². The van der Waals surface area contributed by atoms with Gasteiger partial charge < -0.3 is 14.6 Å². The van der Waals surface area contributed by atoms with Crippen molar-refractivity contribution in [1.29, 1.82) is 0 Å². The summed E-state index contributed by atoms with van der Waals surface area (Å²) in [5.74, 6) is -1.17. The Morgan fingerprint density at radius 1 is 1.28 bits per heavy atom. The summed E-state index contributed by atoms with van der Waals surface area (Å²) in [4.78, 5) is 41.5. The number of allylic oxidation sites excluding steroid dienone is 1. The zero-order valence-corrected chi connectivity index (χ0v) is 17.0. The normalized spacial score (nSPS) is 13.8. The van der Waals surface area contributed by atoms with E-state index in [9.17, 15) is 14.4 Å². The Morgan fingerprint density at radius 2 is 2.10 bits per heavy atom. The molecule has 0 fully saturated rings. The fraction of sp³-hybridized carbons (Fsp3) is 0.455. The highest BCUT2D eigenvalue weighted by Gasteiger charge is 2.18. The average Bonchev–Trinajstić information content (AvgIpc) is 2.73. The van der Waals surface area contributed by atoms with Crippen LogP contribution in [0.4, 0.5) is 0 Å². The molecule has 0 radical (unpaired) electrons. The molecule has 7 heteroatoms. The number of aromatic nitrogens is 2. The molecule has 0 saturated carbocycles. The first-order chi connectivity index (χ1) is 14.0. The summed E-state index contributed by atoms with van der Waals surface area (Å²) >= 11 is 0. The second-order valence-corrected chi connectivity index (χ2v) is 7.27. The lowest BCUT2D eigenvalue weighted by molar-refractivity contribution is -0.124. The number of esters is 1. The van der Waals surface area contributed by atoms with Gasteiger partial charge in [-0.15, -0.1) is 0 Å². The van der Waals surface area contributed by atoms with E-state index >= 15 is 0 Å². The molecule has 0 atom stereocenters. The molecule has 2 heterocycles. The number of carbonyl (C=O) groups is 2. The Bertz CT molecular complexity index is 1010. The van der Waals surface area contributed by atoms with E-state index in [1.165, 1.54) is 24.6 Å². The molecule has 0 saturated heterocycles. The van der Waals surface area contributed by atoms with Crippen molar-refractivity contribution in [2.75, 3.05) is 13.2 Å². The van der Waals surface area contributed by atoms with Crippen molar-refractivity contribution in [3.63, 3.8) is 0 Å². The van der Waals surface area contributed by atoms with Gasteiger partial charge in [0, 0.05) is 25.0 Å². The Balaban J connectivity index is 1.61. The Hall–Kier alpha value is -2.96. The van der Waals surface area contributed by atoms with Crippen LogP contribution in [0.15, 0.2) is 34.8 Å². The number of aryl methyl sites for hydroxylation is 2. The number of ether oxygens (including phenoxy) is 1. The standard InChI is InChI=1S/C22H27N3O4/c1-3-25-13-18(20(27)17-10-9-15(2)24-21(17)25)22(28)29-14-19(26)23-12-11-16-7-5-4-6-8-16/h7,9-10,13H,3-6,8,11-12,14H2,1-2H3,(H,23,26). The van der Waals surface area contributed by atoms with Crippen LogP contribution < -0.4 is 10.7 Å². The summed E-state index contributed by atoms with van der Waals surface area (Å²) in [7, 11) is 0. The predicted octanol–water partition coefficient (Wildman–Crippen LogP) is 2.89. The van der Waals surface area contributed by atoms with E-state index < -0.39 is 18.0 Å². The third-order valence-corrected chi connectivity index (χ3v) is 5.11. The molecule has 2 aromatic rings. The molecule has 0 spiro atoms. The van der Waals surface area contributed by atoms with E-state index in [1.54, 1.807) is 16.7 Å². The number of rotatable bonds is 7. The number of hydrogen-bond donors (Lipinski definition) is 1. The lowest BCUT2D eigenvalue weighted by Gasteiger charge is -2.13. The minimum Gasteiger partial charge on any atom is -0.452 e. The minimum atomic E-state index is -0.801. The van der Waals surface area contributed by atoms with Crippen molar-refractivity contribution in [3.8, 4) is 0 Å². The molecular formula is C22H27N3O4. The van der Waals surface area contributed by atoms with Gasteiger partial charge in [-0.3, -0.25) is 9.59 Å². The summed E-state index contributed by atoms with van der Waals surface area (Å²) in [5, 5.41) is 3.12. The number of nitrogens with one attached hydrogen (secondary N) is 1. The van der Waals surface area contributed by atoms with Crippen molar-refractivity contribution in [3.05, 3.63) is 51.5 Å². The van der Waals surface area contributed by atoms with E-state index in [-0.39, 0.29) is 11.5 Å². The Kier molecular flexibility index (Phi) is 6.80. The predicted molar refractivity (Wildman–Crippen MR) is 111 cm³/mol. The molecule has 154 valence electrons. The monoisotopic (exact) mass is 397 g/mol. The lowest BCUT2D eigenvalue weighted by Crippen LogP contribution is -2.31. The second kappa shape index (κ2) is 9.49. The Morgan fingerprint density at radius 3 is 2.83 bits per heavy atom. The van der Waals surface area contributed by atoms with Crippen LogP contribution in [0.1, 0.15) is 55.1 Å². The van der Waals surface area contributed by atoms with E-state index in [2.05, 4.69) is 16.4 Å². The maximum Gasteiger partial charge on any atom is 0.344 e. The van der Waals surface area contributed by atoms with E-state index in [0.29, 0.717) is 24.1 Å². The van der Waals surface area contributed by atoms with Gasteiger partial charge >= 0.3 is 5.97 Å². The third-order valence-electron chi connectivity index (χ3n) is 5.11. The van der Waals surface area contributed by atoms with Gasteiger partial charge in [-0.1, -0.05) is 11.6 Å². The van der Waals surface area contributed by atoms with Crippen molar-refractivity contribution < 1.29 is 14.3 Å². The molecule has 3 rings (SSSR count). The van der Waals surface area contributed by atoms with Gasteiger partial charge in [0.1, 0.15) is 11.2 Å². The molecule has 2 aromatic heterocycles. The first kappa shape index (κ1) is 20.8. The van der Waals surface area contributed by atoms with Crippen LogP contribution in [-0.2, 0) is 16.1 Å². The second-order valence-electron chi connectivity index (χ2n) is 7.27. The summed E-state index contributed by atoms with van der Waals surface area (Å²) in [6.07, 6.45) is 9.14. The molecule has 0 unspecified atom stereocenters. The molecular weight excluding hydrogens is 370 g/mol. The highest BCUT2D eigenvalue weighted by atomic mass is 16.5. The number of hydrogen-bond acceptors (Lipinski definition) is 5. The number of pyridine rings is 2. The molecule has 1 N–H and O–H groups in total. The summed E-state index contributed by atoms with van der Waals surface area (Å²) in [5.41, 5.74) is 2.16. The van der Waals surface area contributed by atoms with Gasteiger partial charge in [0.15, 0.2) is 6.61 Å². The molecule has 0 aromatic carbocycles. The third kappa shape index (κ3) is 5.10. The number of carbonyl (C=O) groups excluding carboxylic acids is 2. The molecule has 1 amide bonds. The zero-order chi connectivity index (χ0) is 20.8. The van der Waals surface area contributed by atoms with E-state index in [0.717, 1.165) is 25.0 Å². The number of nitrogens with zero attached hydrogens (tertiary/aromatic N) is 2. The first-order valence-electron chi connectivity index (χ1n) is 10.1. The molecule has 1 aliphatic rings. The van der Waals surface area contributed by atoms with Gasteiger partial charge in [0.25, 0.3) is 5.91 Å². The van der Waals surface area contributed by atoms with Crippen molar-refractivity contribution in [1.82, 2.24) is 14.9 Å². The number of fused-ring (bicyclic) bond motifs is 1. The van der Waals surface area contributed by atoms with Crippen LogP contribution in [0.3, 0.4) is 0 Å². The highest BCUT2D eigenvalue weighted by Crippen LogP contribution is 2.19. The van der Waals surface area contributed by atoms with Crippen LogP contribution in [0.25, 0.3) is 11.0 Å². The van der Waals surface area contributed by atoms with Crippen molar-refractivity contribution in [2.24, 2.45) is 0 Å². The highest BCUT2D eigenvalue weighted by molar-refractivity contribution is 5.94. The maximum absolute atomic E-state index is 12.7. The molecule has 0 bridgehead atoms. The van der Waals surface area contributed by atoms with Crippen molar-refractivity contribution >= 4 is 22.9 Å². The van der Waals surface area contributed by atoms with Crippen LogP contribution in [-0.4, -0.2) is 34.6 Å². The summed E-state index contributed by atoms with van der Waals surface area (Å²) < 4.78 is 6.82. The maximum atomic E-state index is 12.7. The topological polar surface area (TPSA) is 90.3 Å². The lowest BCUT2D eigenvalue weighted by atomic mass is 9.97. The first-order valence-corrected chi connectivity index (χ1v) is 10.1. The molecule has 1 aliphatic carbocycles. The van der Waals surface area contributed by atoms with Gasteiger partial charge in [0.05, 0.1) is 5.39 Å². The van der Waals surface area contributed by atoms with Crippen LogP contribution in [0.2, 0.25) is 0 Å². The number of amides is 1. The SMILES string of the molecule is CCn1cc(C(=O)OCC(=O)NCCC2=CCCCC2)c(=O)c2ccc(C)nc21. The van der Waals surface area contributed by atoms with E-state index in [1.807, 2.05) is 13.8 Å². The minimum absolute atomic E-state index is 0.0924. The van der Waals surface area contributed by atoms with Gasteiger partial charge in [-0.05, 0) is 58.1 Å². The van der Waals surface area contributed by atoms with Gasteiger partial charge in [0.2, 0.25) is 5.43 Å². The molecule has 7 nitrogen and oxygen atoms in total. The van der Waals surface area contributed by atoms with Crippen molar-refractivity contribution in [2.45, 2.75) is 52.5 Å². The zero-order valence-electron chi connectivity index (χ0n) is 17.0. The molecule has 0 aliphatic heterocycles. The smallest absolute Gasteiger partial charge is 0.344 e. The largest absolute Gasteiger partial charge is 0.452 e. The summed E-state index contributed by atoms with van der Waals surface area (Å²) in [6, 6.07) is 3.39. The fourth-order valence-corrected chi connectivity index (χ4v) is 3.50. The quantitative estimate of drug-likeness (QED) is 0.573. The molecule has 29 heavy (non-hydrogen) atoms. The Labute approximate surface area is 169 Å². The van der Waals surface area contributed by atoms with E-state index in [4.69, 9.17) is 4.74 Å². The van der Waals surface area contributed by atoms with Crippen LogP contribution in [0, 0.1) is 6.92 Å². The average molecular weight is 397 g/mol. The van der Waals surface area contributed by atoms with Crippen LogP contribution in [0.5, 0.6) is 0 Å². The van der Waals surface area contributed by atoms with Gasteiger partial charge in [-0.25, -0.2) is 9.78 Å². The summed E-state index contributed by atoms with van der Waals surface area (Å²) in [6.45, 7) is 4.40. The fourth-order valence-electron chi connectivity index (χ4n) is 3.50. The van der Waals surface area contributed by atoms with Gasteiger partial charge in [-0.2, -0.15) is 0 Å².